The predicted octanol–water partition coefficient (Wildman–Crippen LogP) is 4.22. The number of carbonyl (C=O) groups excluding carboxylic acids is 1. The van der Waals surface area contributed by atoms with Crippen molar-refractivity contribution in [2.75, 3.05) is 0 Å². The highest BCUT2D eigenvalue weighted by Gasteiger charge is 2.08. The van der Waals surface area contributed by atoms with Gasteiger partial charge in [-0.05, 0) is 42.8 Å². The van der Waals surface area contributed by atoms with E-state index in [9.17, 15) is 4.79 Å². The standard InChI is InChI=1S/C13H11BrO2/c1-8-5-10(7-11(14)6-8)13-4-3-12(16-13)9(2)15/h3-7H,1-2H3. The summed E-state index contributed by atoms with van der Waals surface area (Å²) in [5.74, 6) is 1.06. The number of halogens is 1. The van der Waals surface area contributed by atoms with Gasteiger partial charge >= 0.3 is 0 Å². The number of furan rings is 1. The minimum absolute atomic E-state index is 0.0574. The van der Waals surface area contributed by atoms with E-state index in [2.05, 4.69) is 15.9 Å². The van der Waals surface area contributed by atoms with E-state index in [-0.39, 0.29) is 5.78 Å². The van der Waals surface area contributed by atoms with E-state index < -0.39 is 0 Å². The van der Waals surface area contributed by atoms with Gasteiger partial charge in [-0.3, -0.25) is 4.79 Å². The molecule has 2 rings (SSSR count). The predicted molar refractivity (Wildman–Crippen MR) is 66.6 cm³/mol. The maximum Gasteiger partial charge on any atom is 0.194 e. The highest BCUT2D eigenvalue weighted by molar-refractivity contribution is 9.10. The number of hydrogen-bond donors (Lipinski definition) is 0. The first-order chi connectivity index (χ1) is 7.56. The molecule has 1 aromatic heterocycles. The van der Waals surface area contributed by atoms with E-state index in [0.717, 1.165) is 21.4 Å². The Morgan fingerprint density at radius 2 is 2.00 bits per heavy atom. The van der Waals surface area contributed by atoms with Crippen LogP contribution in [-0.2, 0) is 0 Å². The second-order valence-electron chi connectivity index (χ2n) is 3.74. The van der Waals surface area contributed by atoms with Crippen molar-refractivity contribution in [3.8, 4) is 11.3 Å². The number of carbonyl (C=O) groups is 1. The van der Waals surface area contributed by atoms with Gasteiger partial charge in [0, 0.05) is 17.0 Å². The molecule has 0 saturated heterocycles. The van der Waals surface area contributed by atoms with Gasteiger partial charge in [0.2, 0.25) is 0 Å². The van der Waals surface area contributed by atoms with Gasteiger partial charge in [0.05, 0.1) is 0 Å². The van der Waals surface area contributed by atoms with E-state index in [1.807, 2.05) is 31.2 Å². The molecule has 82 valence electrons. The van der Waals surface area contributed by atoms with Gasteiger partial charge in [0.1, 0.15) is 5.76 Å². The molecule has 0 unspecified atom stereocenters. The molecule has 0 radical (unpaired) electrons. The minimum atomic E-state index is -0.0574. The smallest absolute Gasteiger partial charge is 0.194 e. The number of benzene rings is 1. The summed E-state index contributed by atoms with van der Waals surface area (Å²) in [5, 5.41) is 0. The van der Waals surface area contributed by atoms with Crippen molar-refractivity contribution in [1.82, 2.24) is 0 Å². The molecule has 0 aliphatic rings. The maximum absolute atomic E-state index is 11.1. The van der Waals surface area contributed by atoms with Crippen LogP contribution in [0.5, 0.6) is 0 Å². The summed E-state index contributed by atoms with van der Waals surface area (Å²) >= 11 is 3.44. The average molecular weight is 279 g/mol. The molecule has 0 aliphatic heterocycles. The Labute approximate surface area is 102 Å². The van der Waals surface area contributed by atoms with Gasteiger partial charge in [-0.1, -0.05) is 15.9 Å². The van der Waals surface area contributed by atoms with Crippen LogP contribution in [0.1, 0.15) is 23.0 Å². The molecule has 0 N–H and O–H groups in total. The average Bonchev–Trinajstić information content (AvgIpc) is 2.64. The molecular formula is C13H11BrO2. The second-order valence-corrected chi connectivity index (χ2v) is 4.65. The topological polar surface area (TPSA) is 30.2 Å². The molecule has 2 aromatic rings. The van der Waals surface area contributed by atoms with E-state index in [1.165, 1.54) is 6.92 Å². The van der Waals surface area contributed by atoms with Crippen molar-refractivity contribution >= 4 is 21.7 Å². The number of hydrogen-bond acceptors (Lipinski definition) is 2. The van der Waals surface area contributed by atoms with Crippen molar-refractivity contribution < 1.29 is 9.21 Å². The molecule has 16 heavy (non-hydrogen) atoms. The zero-order chi connectivity index (χ0) is 11.7. The van der Waals surface area contributed by atoms with Crippen molar-refractivity contribution in [3.05, 3.63) is 46.1 Å². The Balaban J connectivity index is 2.46. The van der Waals surface area contributed by atoms with E-state index >= 15 is 0 Å². The number of Topliss-reactive ketones (excluding diaryl/α,β-unsaturated/α-hetero) is 1. The van der Waals surface area contributed by atoms with Crippen LogP contribution < -0.4 is 0 Å². The van der Waals surface area contributed by atoms with Gasteiger partial charge in [0.15, 0.2) is 11.5 Å². The highest BCUT2D eigenvalue weighted by Crippen LogP contribution is 2.26. The van der Waals surface area contributed by atoms with Gasteiger partial charge in [-0.2, -0.15) is 0 Å². The van der Waals surface area contributed by atoms with Gasteiger partial charge in [-0.25, -0.2) is 0 Å². The van der Waals surface area contributed by atoms with Crippen LogP contribution in [-0.4, -0.2) is 5.78 Å². The Bertz CT molecular complexity index is 520. The fourth-order valence-corrected chi connectivity index (χ4v) is 2.17. The quantitative estimate of drug-likeness (QED) is 0.770. The van der Waals surface area contributed by atoms with Crippen LogP contribution >= 0.6 is 15.9 Å². The van der Waals surface area contributed by atoms with Crippen molar-refractivity contribution in [2.24, 2.45) is 0 Å². The molecule has 0 saturated carbocycles. The van der Waals surface area contributed by atoms with Crippen LogP contribution in [0.25, 0.3) is 11.3 Å². The number of aryl methyl sites for hydroxylation is 1. The zero-order valence-corrected chi connectivity index (χ0v) is 10.7. The fraction of sp³-hybridized carbons (Fsp3) is 0.154. The summed E-state index contributed by atoms with van der Waals surface area (Å²) in [4.78, 5) is 11.1. The molecule has 1 aromatic carbocycles. The summed E-state index contributed by atoms with van der Waals surface area (Å²) in [6, 6.07) is 9.54. The van der Waals surface area contributed by atoms with Crippen molar-refractivity contribution in [2.45, 2.75) is 13.8 Å². The normalized spacial score (nSPS) is 10.4. The third kappa shape index (κ3) is 2.25. The SMILES string of the molecule is CC(=O)c1ccc(-c2cc(C)cc(Br)c2)o1. The molecule has 0 atom stereocenters. The third-order valence-electron chi connectivity index (χ3n) is 2.28. The summed E-state index contributed by atoms with van der Waals surface area (Å²) in [6.07, 6.45) is 0. The monoisotopic (exact) mass is 278 g/mol. The van der Waals surface area contributed by atoms with Crippen molar-refractivity contribution in [3.63, 3.8) is 0 Å². The molecule has 0 spiro atoms. The molecule has 2 nitrogen and oxygen atoms in total. The molecule has 0 aliphatic carbocycles. The first kappa shape index (κ1) is 11.1. The van der Waals surface area contributed by atoms with Gasteiger partial charge in [-0.15, -0.1) is 0 Å². The lowest BCUT2D eigenvalue weighted by molar-refractivity contribution is 0.0988. The van der Waals surface area contributed by atoms with Crippen molar-refractivity contribution in [1.29, 1.82) is 0 Å². The first-order valence-corrected chi connectivity index (χ1v) is 5.74. The molecule has 0 fully saturated rings. The molecule has 1 heterocycles. The minimum Gasteiger partial charge on any atom is -0.453 e. The lowest BCUT2D eigenvalue weighted by atomic mass is 10.1. The summed E-state index contributed by atoms with van der Waals surface area (Å²) < 4.78 is 6.47. The molecule has 0 bridgehead atoms. The summed E-state index contributed by atoms with van der Waals surface area (Å²) in [7, 11) is 0. The lowest BCUT2D eigenvalue weighted by Crippen LogP contribution is -1.86. The van der Waals surface area contributed by atoms with E-state index in [1.54, 1.807) is 6.07 Å². The Hall–Kier alpha value is -1.35. The van der Waals surface area contributed by atoms with Gasteiger partial charge < -0.3 is 4.42 Å². The molecule has 3 heteroatoms. The maximum atomic E-state index is 11.1. The summed E-state index contributed by atoms with van der Waals surface area (Å²) in [6.45, 7) is 3.51. The van der Waals surface area contributed by atoms with Gasteiger partial charge in [0.25, 0.3) is 0 Å². The Morgan fingerprint density at radius 1 is 1.25 bits per heavy atom. The van der Waals surface area contributed by atoms with Crippen LogP contribution in [0.2, 0.25) is 0 Å². The van der Waals surface area contributed by atoms with E-state index in [0.29, 0.717) is 5.76 Å². The van der Waals surface area contributed by atoms with Crippen LogP contribution in [0.4, 0.5) is 0 Å². The summed E-state index contributed by atoms with van der Waals surface area (Å²) in [5.41, 5.74) is 2.12. The second kappa shape index (κ2) is 4.26. The first-order valence-electron chi connectivity index (χ1n) is 4.94. The fourth-order valence-electron chi connectivity index (χ4n) is 1.56. The van der Waals surface area contributed by atoms with E-state index in [4.69, 9.17) is 4.42 Å². The largest absolute Gasteiger partial charge is 0.453 e. The van der Waals surface area contributed by atoms with Crippen LogP contribution in [0.15, 0.2) is 39.2 Å². The Kier molecular flexibility index (Phi) is 2.97. The molecule has 0 amide bonds. The van der Waals surface area contributed by atoms with Crippen LogP contribution in [0, 0.1) is 6.92 Å². The van der Waals surface area contributed by atoms with Crippen LogP contribution in [0.3, 0.4) is 0 Å². The highest BCUT2D eigenvalue weighted by atomic mass is 79.9. The Morgan fingerprint density at radius 3 is 2.56 bits per heavy atom. The number of rotatable bonds is 2. The molecular weight excluding hydrogens is 268 g/mol. The third-order valence-corrected chi connectivity index (χ3v) is 2.74. The zero-order valence-electron chi connectivity index (χ0n) is 9.08. The number of ketones is 1. The lowest BCUT2D eigenvalue weighted by Gasteiger charge is -2.00.